The van der Waals surface area contributed by atoms with Gasteiger partial charge < -0.3 is 4.84 Å². The number of sulfone groups is 2. The lowest BCUT2D eigenvalue weighted by Gasteiger charge is -2.09. The predicted octanol–water partition coefficient (Wildman–Crippen LogP) is 0.145. The number of benzene rings is 1. The van der Waals surface area contributed by atoms with E-state index in [1.807, 2.05) is 0 Å². The Kier molecular flexibility index (Phi) is 4.49. The summed E-state index contributed by atoms with van der Waals surface area (Å²) in [6.07, 6.45) is 1.95. The van der Waals surface area contributed by atoms with Crippen molar-refractivity contribution in [2.75, 3.05) is 19.6 Å². The first-order valence-electron chi connectivity index (χ1n) is 4.95. The summed E-state index contributed by atoms with van der Waals surface area (Å²) in [4.78, 5) is 4.27. The van der Waals surface area contributed by atoms with Crippen LogP contribution < -0.4 is 5.48 Å². The van der Waals surface area contributed by atoms with Crippen molar-refractivity contribution >= 4 is 19.7 Å². The van der Waals surface area contributed by atoms with Crippen LogP contribution in [0, 0.1) is 0 Å². The minimum absolute atomic E-state index is 0.189. The van der Waals surface area contributed by atoms with Crippen LogP contribution in [0.3, 0.4) is 0 Å². The van der Waals surface area contributed by atoms with Crippen molar-refractivity contribution in [3.8, 4) is 0 Å². The number of hydrogen-bond donors (Lipinski definition) is 1. The second-order valence-electron chi connectivity index (χ2n) is 3.85. The van der Waals surface area contributed by atoms with Crippen LogP contribution in [0.2, 0.25) is 0 Å². The Morgan fingerprint density at radius 1 is 1.06 bits per heavy atom. The van der Waals surface area contributed by atoms with Crippen LogP contribution >= 0.6 is 0 Å². The summed E-state index contributed by atoms with van der Waals surface area (Å²) in [6.45, 7) is 0.281. The van der Waals surface area contributed by atoms with Gasteiger partial charge in [0, 0.05) is 19.1 Å². The van der Waals surface area contributed by atoms with E-state index in [0.29, 0.717) is 5.56 Å². The van der Waals surface area contributed by atoms with Crippen molar-refractivity contribution in [2.45, 2.75) is 16.3 Å². The predicted molar refractivity (Wildman–Crippen MR) is 66.5 cm³/mol. The summed E-state index contributed by atoms with van der Waals surface area (Å²) in [5.74, 6) is 0. The third-order valence-electron chi connectivity index (χ3n) is 2.23. The number of nitrogens with one attached hydrogen (secondary N) is 1. The second-order valence-corrected chi connectivity index (χ2v) is 7.82. The monoisotopic (exact) mass is 293 g/mol. The zero-order chi connectivity index (χ0) is 14.0. The van der Waals surface area contributed by atoms with Crippen LogP contribution in [0.1, 0.15) is 5.56 Å². The second kappa shape index (κ2) is 5.35. The molecule has 0 aliphatic heterocycles. The van der Waals surface area contributed by atoms with Gasteiger partial charge in [-0.15, -0.1) is 0 Å². The van der Waals surface area contributed by atoms with Crippen LogP contribution in [-0.4, -0.2) is 36.5 Å². The Labute approximate surface area is 107 Å². The van der Waals surface area contributed by atoms with E-state index in [1.165, 1.54) is 25.3 Å². The van der Waals surface area contributed by atoms with E-state index in [4.69, 9.17) is 0 Å². The van der Waals surface area contributed by atoms with Crippen molar-refractivity contribution in [3.63, 3.8) is 0 Å². The van der Waals surface area contributed by atoms with E-state index in [0.717, 1.165) is 12.5 Å². The maximum Gasteiger partial charge on any atom is 0.176 e. The number of hydrogen-bond acceptors (Lipinski definition) is 6. The molecule has 1 rings (SSSR count). The summed E-state index contributed by atoms with van der Waals surface area (Å²) in [7, 11) is -5.76. The van der Waals surface area contributed by atoms with E-state index in [9.17, 15) is 16.8 Å². The Hall–Kier alpha value is -0.960. The number of hydroxylamine groups is 1. The summed E-state index contributed by atoms with van der Waals surface area (Å²) in [6, 6.07) is 4.16. The molecule has 0 aromatic heterocycles. The molecule has 0 heterocycles. The normalized spacial score (nSPS) is 12.6. The van der Waals surface area contributed by atoms with Crippen molar-refractivity contribution in [3.05, 3.63) is 23.8 Å². The maximum atomic E-state index is 11.6. The highest BCUT2D eigenvalue weighted by molar-refractivity contribution is 7.93. The third-order valence-corrected chi connectivity index (χ3v) is 4.65. The SMILES string of the molecule is CONCc1ccc(S(C)(=O)=O)c(S(C)(=O)=O)c1. The zero-order valence-electron chi connectivity index (χ0n) is 10.3. The molecule has 0 radical (unpaired) electrons. The van der Waals surface area contributed by atoms with Crippen LogP contribution in [-0.2, 0) is 31.1 Å². The van der Waals surface area contributed by atoms with Gasteiger partial charge >= 0.3 is 0 Å². The van der Waals surface area contributed by atoms with E-state index >= 15 is 0 Å². The molecule has 0 spiro atoms. The van der Waals surface area contributed by atoms with E-state index in [-0.39, 0.29) is 16.3 Å². The molecule has 18 heavy (non-hydrogen) atoms. The fraction of sp³-hybridized carbons (Fsp3) is 0.400. The summed E-state index contributed by atoms with van der Waals surface area (Å²) in [5, 5.41) is 0. The molecule has 0 unspecified atom stereocenters. The van der Waals surface area contributed by atoms with E-state index in [1.54, 1.807) is 0 Å². The smallest absolute Gasteiger partial charge is 0.176 e. The van der Waals surface area contributed by atoms with Gasteiger partial charge in [0.2, 0.25) is 0 Å². The molecule has 102 valence electrons. The van der Waals surface area contributed by atoms with E-state index in [2.05, 4.69) is 10.3 Å². The van der Waals surface area contributed by atoms with Gasteiger partial charge in [-0.2, -0.15) is 5.48 Å². The first kappa shape index (κ1) is 15.1. The molecule has 8 heteroatoms. The average Bonchev–Trinajstić information content (AvgIpc) is 2.23. The average molecular weight is 293 g/mol. The molecule has 0 fully saturated rings. The molecule has 0 saturated carbocycles. The third kappa shape index (κ3) is 3.77. The minimum atomic E-state index is -3.61. The molecular formula is C10H15NO5S2. The van der Waals surface area contributed by atoms with Crippen LogP contribution in [0.25, 0.3) is 0 Å². The van der Waals surface area contributed by atoms with Gasteiger partial charge in [0.1, 0.15) is 0 Å². The Balaban J connectivity index is 3.40. The minimum Gasteiger partial charge on any atom is -0.305 e. The summed E-state index contributed by atoms with van der Waals surface area (Å²) in [5.41, 5.74) is 3.17. The van der Waals surface area contributed by atoms with Crippen LogP contribution in [0.4, 0.5) is 0 Å². The molecule has 0 saturated heterocycles. The van der Waals surface area contributed by atoms with Gasteiger partial charge in [0.25, 0.3) is 0 Å². The molecule has 0 aliphatic rings. The van der Waals surface area contributed by atoms with Crippen molar-refractivity contribution in [1.82, 2.24) is 5.48 Å². The highest BCUT2D eigenvalue weighted by atomic mass is 32.2. The Morgan fingerprint density at radius 3 is 2.06 bits per heavy atom. The lowest BCUT2D eigenvalue weighted by molar-refractivity contribution is 0.0866. The lowest BCUT2D eigenvalue weighted by atomic mass is 10.2. The van der Waals surface area contributed by atoms with Crippen molar-refractivity contribution in [2.24, 2.45) is 0 Å². The fourth-order valence-corrected chi connectivity index (χ4v) is 3.86. The number of rotatable bonds is 5. The Bertz CT molecular complexity index is 634. The fourth-order valence-electron chi connectivity index (χ4n) is 1.41. The zero-order valence-corrected chi connectivity index (χ0v) is 11.9. The van der Waals surface area contributed by atoms with Gasteiger partial charge in [-0.05, 0) is 17.7 Å². The highest BCUT2D eigenvalue weighted by Crippen LogP contribution is 2.22. The van der Waals surface area contributed by atoms with Crippen molar-refractivity contribution in [1.29, 1.82) is 0 Å². The standard InChI is InChI=1S/C10H15NO5S2/c1-16-11-7-8-4-5-9(17(2,12)13)10(6-8)18(3,14)15/h4-6,11H,7H2,1-3H3. The molecule has 1 aromatic carbocycles. The molecule has 1 N–H and O–H groups in total. The topological polar surface area (TPSA) is 89.5 Å². The quantitative estimate of drug-likeness (QED) is 0.777. The molecule has 0 amide bonds. The Morgan fingerprint density at radius 2 is 1.61 bits per heavy atom. The van der Waals surface area contributed by atoms with E-state index < -0.39 is 19.7 Å². The lowest BCUT2D eigenvalue weighted by Crippen LogP contribution is -2.13. The van der Waals surface area contributed by atoms with Gasteiger partial charge in [-0.25, -0.2) is 16.8 Å². The maximum absolute atomic E-state index is 11.6. The summed E-state index contributed by atoms with van der Waals surface area (Å²) < 4.78 is 46.3. The molecule has 0 bridgehead atoms. The van der Waals surface area contributed by atoms with Gasteiger partial charge in [-0.3, -0.25) is 0 Å². The van der Waals surface area contributed by atoms with Crippen LogP contribution in [0.15, 0.2) is 28.0 Å². The first-order chi connectivity index (χ1) is 8.16. The molecule has 1 aromatic rings. The largest absolute Gasteiger partial charge is 0.305 e. The first-order valence-corrected chi connectivity index (χ1v) is 8.73. The molecule has 0 aliphatic carbocycles. The van der Waals surface area contributed by atoms with Gasteiger partial charge in [0.05, 0.1) is 16.9 Å². The summed E-state index contributed by atoms with van der Waals surface area (Å²) >= 11 is 0. The van der Waals surface area contributed by atoms with Gasteiger partial charge in [0.15, 0.2) is 19.7 Å². The van der Waals surface area contributed by atoms with Crippen LogP contribution in [0.5, 0.6) is 0 Å². The molecule has 6 nitrogen and oxygen atoms in total. The highest BCUT2D eigenvalue weighted by Gasteiger charge is 2.20. The molecule has 0 atom stereocenters. The molecular weight excluding hydrogens is 278 g/mol. The van der Waals surface area contributed by atoms with Crippen molar-refractivity contribution < 1.29 is 21.7 Å². The van der Waals surface area contributed by atoms with Gasteiger partial charge in [-0.1, -0.05) is 6.07 Å².